The molecule has 0 radical (unpaired) electrons. The minimum absolute atomic E-state index is 0. The number of carbonyl (C=O) groups is 2. The van der Waals surface area contributed by atoms with E-state index in [0.29, 0.717) is 5.92 Å². The topological polar surface area (TPSA) is 75.4 Å². The third-order valence-electron chi connectivity index (χ3n) is 3.19. The minimum Gasteiger partial charge on any atom is -0.346 e. The molecule has 0 saturated carbocycles. The number of halogens is 1. The summed E-state index contributed by atoms with van der Waals surface area (Å²) < 4.78 is 0. The molecule has 1 aliphatic rings. The van der Waals surface area contributed by atoms with Crippen LogP contribution in [-0.2, 0) is 9.59 Å². The predicted octanol–water partition coefficient (Wildman–Crippen LogP) is 0.522. The van der Waals surface area contributed by atoms with Crippen LogP contribution in [0.5, 0.6) is 0 Å². The largest absolute Gasteiger partial charge is 0.346 e. The summed E-state index contributed by atoms with van der Waals surface area (Å²) in [5.74, 6) is 0.357. The number of amides is 2. The lowest BCUT2D eigenvalue weighted by Gasteiger charge is -2.32. The number of nitrogens with two attached hydrogens (primary N) is 1. The van der Waals surface area contributed by atoms with Gasteiger partial charge < -0.3 is 16.0 Å². The molecule has 1 fully saturated rings. The third-order valence-corrected chi connectivity index (χ3v) is 3.19. The molecular weight excluding hydrogens is 254 g/mol. The molecule has 18 heavy (non-hydrogen) atoms. The highest BCUT2D eigenvalue weighted by Gasteiger charge is 2.22. The standard InChI is InChI=1S/C12H23N3O2.ClH/c1-2-4-10-5-3-6-15(9-10)12(17)8-14-11(16)7-13;/h10H,2-9,13H2,1H3,(H,14,16);1H. The minimum atomic E-state index is -0.277. The molecule has 0 aromatic rings. The van der Waals surface area contributed by atoms with Crippen molar-refractivity contribution in [2.75, 3.05) is 26.2 Å². The molecule has 1 atom stereocenters. The van der Waals surface area contributed by atoms with E-state index in [2.05, 4.69) is 12.2 Å². The summed E-state index contributed by atoms with van der Waals surface area (Å²) in [5.41, 5.74) is 5.16. The maximum absolute atomic E-state index is 11.8. The van der Waals surface area contributed by atoms with Crippen molar-refractivity contribution in [3.05, 3.63) is 0 Å². The lowest BCUT2D eigenvalue weighted by atomic mass is 9.94. The summed E-state index contributed by atoms with van der Waals surface area (Å²) in [7, 11) is 0. The average molecular weight is 278 g/mol. The monoisotopic (exact) mass is 277 g/mol. The Morgan fingerprint density at radius 3 is 2.78 bits per heavy atom. The molecule has 106 valence electrons. The summed E-state index contributed by atoms with van der Waals surface area (Å²) in [6.07, 6.45) is 4.63. The van der Waals surface area contributed by atoms with E-state index < -0.39 is 0 Å². The van der Waals surface area contributed by atoms with Crippen LogP contribution < -0.4 is 11.1 Å². The van der Waals surface area contributed by atoms with Crippen LogP contribution in [0.2, 0.25) is 0 Å². The fraction of sp³-hybridized carbons (Fsp3) is 0.833. The van der Waals surface area contributed by atoms with Gasteiger partial charge in [-0.15, -0.1) is 12.4 Å². The molecule has 2 amide bonds. The van der Waals surface area contributed by atoms with Crippen LogP contribution in [0.3, 0.4) is 0 Å². The molecule has 6 heteroatoms. The fourth-order valence-corrected chi connectivity index (χ4v) is 2.29. The Labute approximate surface area is 115 Å². The molecule has 1 heterocycles. The van der Waals surface area contributed by atoms with E-state index in [1.54, 1.807) is 0 Å². The van der Waals surface area contributed by atoms with Gasteiger partial charge in [0.1, 0.15) is 0 Å². The molecule has 0 aliphatic carbocycles. The first kappa shape index (κ1) is 17.2. The van der Waals surface area contributed by atoms with E-state index in [9.17, 15) is 9.59 Å². The zero-order valence-electron chi connectivity index (χ0n) is 11.0. The number of nitrogens with one attached hydrogen (secondary N) is 1. The van der Waals surface area contributed by atoms with Crippen molar-refractivity contribution in [3.63, 3.8) is 0 Å². The molecule has 0 aromatic heterocycles. The fourth-order valence-electron chi connectivity index (χ4n) is 2.29. The van der Waals surface area contributed by atoms with Gasteiger partial charge in [0.05, 0.1) is 13.1 Å². The summed E-state index contributed by atoms with van der Waals surface area (Å²) in [5, 5.41) is 2.52. The first-order chi connectivity index (χ1) is 8.17. The van der Waals surface area contributed by atoms with Gasteiger partial charge in [0, 0.05) is 13.1 Å². The lowest BCUT2D eigenvalue weighted by Crippen LogP contribution is -2.45. The molecule has 5 nitrogen and oxygen atoms in total. The van der Waals surface area contributed by atoms with Crippen molar-refractivity contribution in [2.24, 2.45) is 11.7 Å². The second kappa shape index (κ2) is 9.16. The number of hydrogen-bond donors (Lipinski definition) is 2. The molecule has 3 N–H and O–H groups in total. The van der Waals surface area contributed by atoms with Gasteiger partial charge in [-0.25, -0.2) is 0 Å². The van der Waals surface area contributed by atoms with Gasteiger partial charge in [-0.2, -0.15) is 0 Å². The van der Waals surface area contributed by atoms with E-state index in [1.807, 2.05) is 4.90 Å². The van der Waals surface area contributed by atoms with Gasteiger partial charge >= 0.3 is 0 Å². The van der Waals surface area contributed by atoms with Crippen LogP contribution in [0.15, 0.2) is 0 Å². The van der Waals surface area contributed by atoms with Crippen LogP contribution in [-0.4, -0.2) is 42.9 Å². The SMILES string of the molecule is CCCC1CCCN(C(=O)CNC(=O)CN)C1.Cl. The van der Waals surface area contributed by atoms with Crippen molar-refractivity contribution >= 4 is 24.2 Å². The Balaban J connectivity index is 0.00000289. The second-order valence-electron chi connectivity index (χ2n) is 4.62. The molecule has 1 unspecified atom stereocenters. The van der Waals surface area contributed by atoms with Crippen molar-refractivity contribution in [3.8, 4) is 0 Å². The molecule has 0 spiro atoms. The van der Waals surface area contributed by atoms with Gasteiger partial charge in [0.2, 0.25) is 11.8 Å². The molecule has 1 rings (SSSR count). The van der Waals surface area contributed by atoms with Crippen LogP contribution in [0.1, 0.15) is 32.6 Å². The highest BCUT2D eigenvalue weighted by molar-refractivity contribution is 5.85. The van der Waals surface area contributed by atoms with E-state index >= 15 is 0 Å². The molecule has 0 bridgehead atoms. The Bertz CT molecular complexity index is 272. The zero-order chi connectivity index (χ0) is 12.7. The second-order valence-corrected chi connectivity index (χ2v) is 4.62. The third kappa shape index (κ3) is 5.69. The molecule has 1 aliphatic heterocycles. The first-order valence-corrected chi connectivity index (χ1v) is 6.42. The van der Waals surface area contributed by atoms with Crippen LogP contribution in [0, 0.1) is 5.92 Å². The first-order valence-electron chi connectivity index (χ1n) is 6.42. The Morgan fingerprint density at radius 1 is 1.44 bits per heavy atom. The van der Waals surface area contributed by atoms with Crippen molar-refractivity contribution in [1.29, 1.82) is 0 Å². The Morgan fingerprint density at radius 2 is 2.17 bits per heavy atom. The summed E-state index contributed by atoms with van der Waals surface area (Å²) >= 11 is 0. The van der Waals surface area contributed by atoms with Gasteiger partial charge in [-0.05, 0) is 25.2 Å². The van der Waals surface area contributed by atoms with E-state index in [1.165, 1.54) is 12.8 Å². The number of likely N-dealkylation sites (tertiary alicyclic amines) is 1. The number of piperidine rings is 1. The predicted molar refractivity (Wildman–Crippen MR) is 73.5 cm³/mol. The summed E-state index contributed by atoms with van der Waals surface area (Å²) in [4.78, 5) is 24.7. The zero-order valence-corrected chi connectivity index (χ0v) is 11.8. The number of nitrogens with zero attached hydrogens (tertiary/aromatic N) is 1. The van der Waals surface area contributed by atoms with E-state index in [4.69, 9.17) is 5.73 Å². The van der Waals surface area contributed by atoms with E-state index in [0.717, 1.165) is 25.9 Å². The van der Waals surface area contributed by atoms with Gasteiger partial charge in [-0.1, -0.05) is 13.3 Å². The van der Waals surface area contributed by atoms with Gasteiger partial charge in [0.25, 0.3) is 0 Å². The highest BCUT2D eigenvalue weighted by Crippen LogP contribution is 2.20. The molecule has 1 saturated heterocycles. The summed E-state index contributed by atoms with van der Waals surface area (Å²) in [6, 6.07) is 0. The van der Waals surface area contributed by atoms with Crippen LogP contribution in [0.25, 0.3) is 0 Å². The number of rotatable bonds is 5. The van der Waals surface area contributed by atoms with Crippen LogP contribution in [0.4, 0.5) is 0 Å². The van der Waals surface area contributed by atoms with Gasteiger partial charge in [-0.3, -0.25) is 9.59 Å². The average Bonchev–Trinajstić information content (AvgIpc) is 2.36. The smallest absolute Gasteiger partial charge is 0.241 e. The lowest BCUT2D eigenvalue weighted by molar-refractivity contribution is -0.134. The summed E-state index contributed by atoms with van der Waals surface area (Å²) in [6.45, 7) is 3.84. The van der Waals surface area contributed by atoms with Gasteiger partial charge in [0.15, 0.2) is 0 Å². The maximum atomic E-state index is 11.8. The highest BCUT2D eigenvalue weighted by atomic mass is 35.5. The molecule has 0 aromatic carbocycles. The Kier molecular flexibility index (Phi) is 8.75. The van der Waals surface area contributed by atoms with E-state index in [-0.39, 0.29) is 37.3 Å². The van der Waals surface area contributed by atoms with Crippen LogP contribution >= 0.6 is 12.4 Å². The number of hydrogen-bond acceptors (Lipinski definition) is 3. The van der Waals surface area contributed by atoms with Crippen molar-refractivity contribution < 1.29 is 9.59 Å². The normalized spacial score (nSPS) is 19.0. The number of carbonyl (C=O) groups excluding carboxylic acids is 2. The van der Waals surface area contributed by atoms with Crippen molar-refractivity contribution in [2.45, 2.75) is 32.6 Å². The molecular formula is C12H24ClN3O2. The quantitative estimate of drug-likeness (QED) is 0.769. The maximum Gasteiger partial charge on any atom is 0.241 e. The van der Waals surface area contributed by atoms with Crippen molar-refractivity contribution in [1.82, 2.24) is 10.2 Å². The Hall–Kier alpha value is -0.810.